The number of esters is 1. The van der Waals surface area contributed by atoms with Crippen LogP contribution in [0.2, 0.25) is 0 Å². The summed E-state index contributed by atoms with van der Waals surface area (Å²) in [5, 5.41) is 0.479. The van der Waals surface area contributed by atoms with E-state index in [0.717, 1.165) is 0 Å². The van der Waals surface area contributed by atoms with Crippen molar-refractivity contribution in [1.29, 1.82) is 0 Å². The zero-order valence-electron chi connectivity index (χ0n) is 8.95. The van der Waals surface area contributed by atoms with Gasteiger partial charge in [-0.05, 0) is 30.7 Å². The lowest BCUT2D eigenvalue weighted by atomic mass is 10.0. The number of halogens is 1. The molecule has 2 aromatic rings. The van der Waals surface area contributed by atoms with Crippen molar-refractivity contribution in [2.75, 3.05) is 7.11 Å². The number of aromatic nitrogens is 1. The normalized spacial score (nSPS) is 10.4. The van der Waals surface area contributed by atoms with Crippen LogP contribution in [0.3, 0.4) is 0 Å². The van der Waals surface area contributed by atoms with E-state index in [1.165, 1.54) is 25.3 Å². The average Bonchev–Trinajstić information content (AvgIpc) is 2.28. The molecule has 0 saturated heterocycles. The first-order valence-electron chi connectivity index (χ1n) is 4.76. The van der Waals surface area contributed by atoms with E-state index in [1.807, 2.05) is 0 Å². The number of hydrogen-bond acceptors (Lipinski definition) is 3. The molecule has 82 valence electrons. The summed E-state index contributed by atoms with van der Waals surface area (Å²) in [6.07, 6.45) is 1.58. The van der Waals surface area contributed by atoms with E-state index in [-0.39, 0.29) is 0 Å². The van der Waals surface area contributed by atoms with Crippen molar-refractivity contribution in [3.05, 3.63) is 41.3 Å². The molecule has 3 nitrogen and oxygen atoms in total. The molecule has 1 aromatic carbocycles. The van der Waals surface area contributed by atoms with Crippen molar-refractivity contribution < 1.29 is 13.9 Å². The molecule has 0 unspecified atom stereocenters. The van der Waals surface area contributed by atoms with Crippen LogP contribution in [0.5, 0.6) is 0 Å². The summed E-state index contributed by atoms with van der Waals surface area (Å²) >= 11 is 0. The first kappa shape index (κ1) is 10.5. The van der Waals surface area contributed by atoms with Gasteiger partial charge >= 0.3 is 5.97 Å². The highest BCUT2D eigenvalue weighted by molar-refractivity contribution is 6.04. The summed E-state index contributed by atoms with van der Waals surface area (Å²) < 4.78 is 17.8. The minimum Gasteiger partial charge on any atom is -0.465 e. The zero-order chi connectivity index (χ0) is 11.7. The second-order valence-electron chi connectivity index (χ2n) is 3.47. The van der Waals surface area contributed by atoms with E-state index in [1.54, 1.807) is 13.1 Å². The predicted molar refractivity (Wildman–Crippen MR) is 57.8 cm³/mol. The van der Waals surface area contributed by atoms with Gasteiger partial charge in [0.2, 0.25) is 0 Å². The van der Waals surface area contributed by atoms with Gasteiger partial charge in [-0.15, -0.1) is 0 Å². The maximum atomic E-state index is 13.1. The Morgan fingerprint density at radius 3 is 2.88 bits per heavy atom. The molecule has 0 amide bonds. The van der Waals surface area contributed by atoms with Crippen molar-refractivity contribution in [2.45, 2.75) is 6.92 Å². The third-order valence-corrected chi connectivity index (χ3v) is 2.41. The summed E-state index contributed by atoms with van der Waals surface area (Å²) in [6, 6.07) is 4.14. The lowest BCUT2D eigenvalue weighted by Crippen LogP contribution is -2.05. The Morgan fingerprint density at radius 1 is 1.44 bits per heavy atom. The summed E-state index contributed by atoms with van der Waals surface area (Å²) in [7, 11) is 1.30. The number of ether oxygens (including phenoxy) is 1. The number of benzene rings is 1. The maximum Gasteiger partial charge on any atom is 0.338 e. The van der Waals surface area contributed by atoms with Crippen LogP contribution in [-0.4, -0.2) is 18.1 Å². The Morgan fingerprint density at radius 2 is 2.19 bits per heavy atom. The molecule has 16 heavy (non-hydrogen) atoms. The second kappa shape index (κ2) is 3.89. The Labute approximate surface area is 91.9 Å². The van der Waals surface area contributed by atoms with Crippen molar-refractivity contribution in [1.82, 2.24) is 4.98 Å². The molecule has 4 heteroatoms. The molecular formula is C12H10FNO2. The highest BCUT2D eigenvalue weighted by atomic mass is 19.1. The van der Waals surface area contributed by atoms with Gasteiger partial charge in [-0.25, -0.2) is 9.18 Å². The molecule has 0 radical (unpaired) electrons. The molecule has 1 aromatic heterocycles. The fourth-order valence-corrected chi connectivity index (χ4v) is 1.64. The van der Waals surface area contributed by atoms with Gasteiger partial charge < -0.3 is 4.74 Å². The van der Waals surface area contributed by atoms with Crippen LogP contribution in [0.25, 0.3) is 10.9 Å². The molecule has 0 bridgehead atoms. The van der Waals surface area contributed by atoms with Gasteiger partial charge in [0.25, 0.3) is 0 Å². The molecule has 0 spiro atoms. The average molecular weight is 219 g/mol. The van der Waals surface area contributed by atoms with Crippen molar-refractivity contribution in [2.24, 2.45) is 0 Å². The van der Waals surface area contributed by atoms with Crippen LogP contribution in [0, 0.1) is 12.7 Å². The first-order valence-corrected chi connectivity index (χ1v) is 4.76. The lowest BCUT2D eigenvalue weighted by molar-refractivity contribution is 0.0602. The van der Waals surface area contributed by atoms with E-state index in [4.69, 9.17) is 0 Å². The van der Waals surface area contributed by atoms with Crippen LogP contribution in [0.1, 0.15) is 15.9 Å². The number of rotatable bonds is 1. The van der Waals surface area contributed by atoms with Crippen molar-refractivity contribution >= 4 is 16.9 Å². The van der Waals surface area contributed by atoms with E-state index in [9.17, 15) is 9.18 Å². The second-order valence-corrected chi connectivity index (χ2v) is 3.47. The molecule has 0 N–H and O–H groups in total. The van der Waals surface area contributed by atoms with E-state index >= 15 is 0 Å². The monoisotopic (exact) mass is 219 g/mol. The maximum absolute atomic E-state index is 13.1. The van der Waals surface area contributed by atoms with E-state index in [2.05, 4.69) is 9.72 Å². The fourth-order valence-electron chi connectivity index (χ4n) is 1.64. The van der Waals surface area contributed by atoms with Gasteiger partial charge in [0, 0.05) is 11.6 Å². The number of aryl methyl sites for hydroxylation is 1. The Balaban J connectivity index is 2.82. The quantitative estimate of drug-likeness (QED) is 0.691. The van der Waals surface area contributed by atoms with Crippen molar-refractivity contribution in [3.8, 4) is 0 Å². The molecule has 0 fully saturated rings. The van der Waals surface area contributed by atoms with Gasteiger partial charge in [0.15, 0.2) is 0 Å². The number of hydrogen-bond donors (Lipinski definition) is 0. The zero-order valence-corrected chi connectivity index (χ0v) is 8.95. The van der Waals surface area contributed by atoms with Crippen LogP contribution in [0.4, 0.5) is 4.39 Å². The highest BCUT2D eigenvalue weighted by Crippen LogP contribution is 2.21. The minimum absolute atomic E-state index is 0.368. The van der Waals surface area contributed by atoms with E-state index < -0.39 is 11.8 Å². The number of carbonyl (C=O) groups excluding carboxylic acids is 1. The molecule has 0 aliphatic rings. The first-order chi connectivity index (χ1) is 7.63. The van der Waals surface area contributed by atoms with E-state index in [0.29, 0.717) is 22.0 Å². The minimum atomic E-state index is -0.476. The summed E-state index contributed by atoms with van der Waals surface area (Å²) in [5.74, 6) is -0.874. The molecule has 0 atom stereocenters. The van der Waals surface area contributed by atoms with Gasteiger partial charge in [-0.2, -0.15) is 0 Å². The van der Waals surface area contributed by atoms with Crippen LogP contribution in [-0.2, 0) is 4.74 Å². The number of carbonyl (C=O) groups is 1. The van der Waals surface area contributed by atoms with Crippen LogP contribution in [0.15, 0.2) is 24.4 Å². The third kappa shape index (κ3) is 1.62. The Bertz CT molecular complexity index is 561. The predicted octanol–water partition coefficient (Wildman–Crippen LogP) is 2.47. The summed E-state index contributed by atoms with van der Waals surface area (Å²) in [4.78, 5) is 15.7. The molecule has 1 heterocycles. The molecule has 0 aliphatic heterocycles. The molecule has 0 aliphatic carbocycles. The highest BCUT2D eigenvalue weighted by Gasteiger charge is 2.14. The fraction of sp³-hybridized carbons (Fsp3) is 0.167. The molecular weight excluding hydrogens is 209 g/mol. The smallest absolute Gasteiger partial charge is 0.338 e. The summed E-state index contributed by atoms with van der Waals surface area (Å²) in [5.41, 5.74) is 1.62. The van der Waals surface area contributed by atoms with Crippen LogP contribution < -0.4 is 0 Å². The van der Waals surface area contributed by atoms with Crippen molar-refractivity contribution in [3.63, 3.8) is 0 Å². The van der Waals surface area contributed by atoms with Gasteiger partial charge in [0.05, 0.1) is 18.2 Å². The number of fused-ring (bicyclic) bond motifs is 1. The van der Waals surface area contributed by atoms with Gasteiger partial charge in [-0.3, -0.25) is 4.98 Å². The molecule has 0 saturated carbocycles. The summed E-state index contributed by atoms with van der Waals surface area (Å²) in [6.45, 7) is 1.74. The molecule has 2 rings (SSSR count). The van der Waals surface area contributed by atoms with Crippen LogP contribution >= 0.6 is 0 Å². The van der Waals surface area contributed by atoms with Gasteiger partial charge in [-0.1, -0.05) is 0 Å². The third-order valence-electron chi connectivity index (χ3n) is 2.41. The topological polar surface area (TPSA) is 39.2 Å². The lowest BCUT2D eigenvalue weighted by Gasteiger charge is -2.07. The largest absolute Gasteiger partial charge is 0.465 e. The Hall–Kier alpha value is -1.97. The Kier molecular flexibility index (Phi) is 2.56. The SMILES string of the molecule is COC(=O)c1c(C)cnc2ccc(F)cc12. The number of methoxy groups -OCH3 is 1. The van der Waals surface area contributed by atoms with Gasteiger partial charge in [0.1, 0.15) is 5.82 Å². The standard InChI is InChI=1S/C12H10FNO2/c1-7-6-14-10-4-3-8(13)5-9(10)11(7)12(15)16-2/h3-6H,1-2H3. The number of nitrogens with zero attached hydrogens (tertiary/aromatic N) is 1. The number of pyridine rings is 1.